The van der Waals surface area contributed by atoms with Crippen LogP contribution in [-0.4, -0.2) is 23.1 Å². The van der Waals surface area contributed by atoms with Crippen molar-refractivity contribution in [2.75, 3.05) is 12.4 Å². The molecule has 2 aromatic carbocycles. The molecular weight excluding hydrogens is 474 g/mol. The third kappa shape index (κ3) is 3.93. The molecule has 2 aromatic heterocycles. The van der Waals surface area contributed by atoms with Crippen LogP contribution < -0.4 is 20.3 Å². The Morgan fingerprint density at radius 2 is 1.83 bits per heavy atom. The maximum atomic E-state index is 13.6. The average Bonchev–Trinajstić information content (AvgIpc) is 3.57. The zero-order valence-electron chi connectivity index (χ0n) is 19.7. The molecule has 0 amide bonds. The summed E-state index contributed by atoms with van der Waals surface area (Å²) in [4.78, 5) is 27.6. The molecule has 0 saturated heterocycles. The molecule has 7 nitrogen and oxygen atoms in total. The van der Waals surface area contributed by atoms with E-state index >= 15 is 0 Å². The molecule has 2 aliphatic rings. The number of benzene rings is 2. The number of ether oxygens (including phenoxy) is 2. The van der Waals surface area contributed by atoms with Crippen LogP contribution in [0.5, 0.6) is 11.5 Å². The van der Waals surface area contributed by atoms with Crippen molar-refractivity contribution >= 4 is 22.9 Å². The van der Waals surface area contributed by atoms with Gasteiger partial charge in [-0.2, -0.15) is 0 Å². The quantitative estimate of drug-likeness (QED) is 0.334. The van der Waals surface area contributed by atoms with E-state index in [1.54, 1.807) is 18.4 Å². The number of aromatic nitrogens is 2. The standard InChI is InChI=1S/C28H25N3O4S/c1-34-22-14-17(9-10-21(22)35-15-16-6-3-2-4-7-16)24-25-19(29-27-26(24)28(33)31-30-27)12-18(13-20(25)32)23-8-5-11-36-23/h2-11,14,18,24H,12-13,15H2,1H3,(H3,29,30,31,33)/t18-,24-/m0/s1. The normalized spacial score (nSPS) is 18.9. The van der Waals surface area contributed by atoms with Gasteiger partial charge in [-0.3, -0.25) is 19.8 Å². The van der Waals surface area contributed by atoms with Gasteiger partial charge in [0.2, 0.25) is 0 Å². The number of hydrogen-bond donors (Lipinski definition) is 3. The summed E-state index contributed by atoms with van der Waals surface area (Å²) < 4.78 is 11.7. The number of Topliss-reactive ketones (excluding diaryl/α,β-unsaturated/α-hetero) is 1. The van der Waals surface area contributed by atoms with Crippen molar-refractivity contribution in [2.45, 2.75) is 31.3 Å². The number of carbonyl (C=O) groups excluding carboxylic acids is 1. The van der Waals surface area contributed by atoms with E-state index in [0.29, 0.717) is 47.9 Å². The van der Waals surface area contributed by atoms with Crippen LogP contribution >= 0.6 is 11.3 Å². The highest BCUT2D eigenvalue weighted by Gasteiger charge is 2.40. The van der Waals surface area contributed by atoms with Crippen LogP contribution in [0.4, 0.5) is 5.82 Å². The minimum Gasteiger partial charge on any atom is -0.493 e. The van der Waals surface area contributed by atoms with Gasteiger partial charge in [0, 0.05) is 34.4 Å². The summed E-state index contributed by atoms with van der Waals surface area (Å²) in [5, 5.41) is 11.0. The minimum atomic E-state index is -0.500. The smallest absolute Gasteiger partial charge is 0.270 e. The molecule has 0 spiro atoms. The fourth-order valence-corrected chi connectivity index (χ4v) is 6.03. The summed E-state index contributed by atoms with van der Waals surface area (Å²) in [5.41, 5.74) is 3.64. The van der Waals surface area contributed by atoms with Crippen molar-refractivity contribution in [1.82, 2.24) is 10.2 Å². The van der Waals surface area contributed by atoms with Crippen LogP contribution in [0.2, 0.25) is 0 Å². The van der Waals surface area contributed by atoms with Crippen molar-refractivity contribution in [3.05, 3.63) is 109 Å². The number of fused-ring (bicyclic) bond motifs is 1. The number of nitrogens with one attached hydrogen (secondary N) is 3. The van der Waals surface area contributed by atoms with Gasteiger partial charge in [0.05, 0.1) is 12.7 Å². The minimum absolute atomic E-state index is 0.0572. The zero-order chi connectivity index (χ0) is 24.6. The summed E-state index contributed by atoms with van der Waals surface area (Å²) in [7, 11) is 1.59. The van der Waals surface area contributed by atoms with Crippen LogP contribution in [0, 0.1) is 0 Å². The van der Waals surface area contributed by atoms with E-state index in [4.69, 9.17) is 9.47 Å². The van der Waals surface area contributed by atoms with Crippen molar-refractivity contribution in [3.63, 3.8) is 0 Å². The molecule has 8 heteroatoms. The number of allylic oxidation sites excluding steroid dienone is 2. The molecular formula is C28H25N3O4S. The number of anilines is 1. The lowest BCUT2D eigenvalue weighted by atomic mass is 9.74. The number of carbonyl (C=O) groups is 1. The van der Waals surface area contributed by atoms with Gasteiger partial charge in [-0.1, -0.05) is 42.5 Å². The first-order chi connectivity index (χ1) is 17.6. The highest BCUT2D eigenvalue weighted by Crippen LogP contribution is 2.48. The van der Waals surface area contributed by atoms with Crippen molar-refractivity contribution in [1.29, 1.82) is 0 Å². The lowest BCUT2D eigenvalue weighted by Gasteiger charge is -2.34. The highest BCUT2D eigenvalue weighted by atomic mass is 32.1. The third-order valence-corrected chi connectivity index (χ3v) is 7.91. The van der Waals surface area contributed by atoms with Crippen LogP contribution in [0.1, 0.15) is 46.2 Å². The highest BCUT2D eigenvalue weighted by molar-refractivity contribution is 7.10. The molecule has 36 heavy (non-hydrogen) atoms. The molecule has 0 bridgehead atoms. The van der Waals surface area contributed by atoms with E-state index in [-0.39, 0.29) is 17.3 Å². The van der Waals surface area contributed by atoms with Crippen LogP contribution in [0.25, 0.3) is 0 Å². The van der Waals surface area contributed by atoms with Crippen LogP contribution in [-0.2, 0) is 11.4 Å². The van der Waals surface area contributed by atoms with Crippen LogP contribution in [0.15, 0.2) is 82.1 Å². The van der Waals surface area contributed by atoms with E-state index in [2.05, 4.69) is 21.6 Å². The average molecular weight is 500 g/mol. The summed E-state index contributed by atoms with van der Waals surface area (Å²) in [6.45, 7) is 0.406. The van der Waals surface area contributed by atoms with Gasteiger partial charge in [-0.25, -0.2) is 0 Å². The Morgan fingerprint density at radius 3 is 2.61 bits per heavy atom. The molecule has 6 rings (SSSR count). The van der Waals surface area contributed by atoms with Gasteiger partial charge in [0.15, 0.2) is 17.3 Å². The second-order valence-corrected chi connectivity index (χ2v) is 10.0. The Labute approximate surface area is 211 Å². The fourth-order valence-electron chi connectivity index (χ4n) is 5.20. The summed E-state index contributed by atoms with van der Waals surface area (Å²) in [5.74, 6) is 1.44. The number of thiophene rings is 1. The molecule has 0 saturated carbocycles. The molecule has 4 aromatic rings. The number of H-pyrrole nitrogens is 2. The number of aromatic amines is 2. The SMILES string of the molecule is COc1cc([C@H]2C3=C(C[C@H](c4cccs4)CC3=O)Nc3[nH][nH]c(=O)c32)ccc1OCc1ccccc1. The van der Waals surface area contributed by atoms with Gasteiger partial charge in [0.25, 0.3) is 5.56 Å². The molecule has 0 fully saturated rings. The third-order valence-electron chi connectivity index (χ3n) is 6.88. The molecule has 0 radical (unpaired) electrons. The van der Waals surface area contributed by atoms with Crippen LogP contribution in [0.3, 0.4) is 0 Å². The first kappa shape index (κ1) is 22.4. The van der Waals surface area contributed by atoms with Crippen molar-refractivity contribution in [3.8, 4) is 11.5 Å². The number of methoxy groups -OCH3 is 1. The van der Waals surface area contributed by atoms with Gasteiger partial charge < -0.3 is 14.8 Å². The van der Waals surface area contributed by atoms with Crippen molar-refractivity contribution < 1.29 is 14.3 Å². The lowest BCUT2D eigenvalue weighted by molar-refractivity contribution is -0.116. The first-order valence-electron chi connectivity index (χ1n) is 11.8. The molecule has 3 heterocycles. The predicted octanol–water partition coefficient (Wildman–Crippen LogP) is 5.31. The Hall–Kier alpha value is -4.04. The first-order valence-corrected chi connectivity index (χ1v) is 12.7. The molecule has 1 aliphatic heterocycles. The second-order valence-electron chi connectivity index (χ2n) is 9.05. The van der Waals surface area contributed by atoms with Gasteiger partial charge in [-0.15, -0.1) is 11.3 Å². The zero-order valence-corrected chi connectivity index (χ0v) is 20.5. The maximum Gasteiger partial charge on any atom is 0.270 e. The van der Waals surface area contributed by atoms with E-state index in [0.717, 1.165) is 16.8 Å². The van der Waals surface area contributed by atoms with Gasteiger partial charge in [-0.05, 0) is 41.1 Å². The monoisotopic (exact) mass is 499 g/mol. The Kier molecular flexibility index (Phi) is 5.73. The number of rotatable bonds is 6. The lowest BCUT2D eigenvalue weighted by Crippen LogP contribution is -2.31. The number of hydrogen-bond acceptors (Lipinski definition) is 6. The Balaban J connectivity index is 1.38. The van der Waals surface area contributed by atoms with Crippen molar-refractivity contribution in [2.24, 2.45) is 0 Å². The molecule has 2 atom stereocenters. The second kappa shape index (κ2) is 9.20. The molecule has 1 aliphatic carbocycles. The predicted molar refractivity (Wildman–Crippen MR) is 139 cm³/mol. The molecule has 0 unspecified atom stereocenters. The molecule has 3 N–H and O–H groups in total. The van der Waals surface area contributed by atoms with E-state index in [1.807, 2.05) is 60.0 Å². The molecule has 182 valence electrons. The summed E-state index contributed by atoms with van der Waals surface area (Å²) in [6, 6.07) is 19.6. The van der Waals surface area contributed by atoms with E-state index in [1.165, 1.54) is 4.88 Å². The largest absolute Gasteiger partial charge is 0.493 e. The maximum absolute atomic E-state index is 13.6. The summed E-state index contributed by atoms with van der Waals surface area (Å²) >= 11 is 1.67. The van der Waals surface area contributed by atoms with E-state index < -0.39 is 5.92 Å². The fraction of sp³-hybridized carbons (Fsp3) is 0.214. The Morgan fingerprint density at radius 1 is 0.972 bits per heavy atom. The van der Waals surface area contributed by atoms with E-state index in [9.17, 15) is 9.59 Å². The number of ketones is 1. The topological polar surface area (TPSA) is 96.2 Å². The Bertz CT molecular complexity index is 1500. The van der Waals surface area contributed by atoms with Gasteiger partial charge in [0.1, 0.15) is 12.4 Å². The van der Waals surface area contributed by atoms with Gasteiger partial charge >= 0.3 is 0 Å². The summed E-state index contributed by atoms with van der Waals surface area (Å²) in [6.07, 6.45) is 1.13.